The van der Waals surface area contributed by atoms with Crippen LogP contribution in [0.3, 0.4) is 0 Å². The van der Waals surface area contributed by atoms with Crippen molar-refractivity contribution in [3.05, 3.63) is 45.5 Å². The number of pyridine rings is 2. The van der Waals surface area contributed by atoms with E-state index < -0.39 is 0 Å². The number of nitriles is 1. The van der Waals surface area contributed by atoms with Gasteiger partial charge in [0.25, 0.3) is 0 Å². The van der Waals surface area contributed by atoms with Gasteiger partial charge in [-0.05, 0) is 36.6 Å². The number of halogens is 2. The van der Waals surface area contributed by atoms with Gasteiger partial charge in [0.15, 0.2) is 5.65 Å². The van der Waals surface area contributed by atoms with Gasteiger partial charge < -0.3 is 9.80 Å². The zero-order valence-corrected chi connectivity index (χ0v) is 19.9. The van der Waals surface area contributed by atoms with Crippen molar-refractivity contribution in [3.63, 3.8) is 0 Å². The molecule has 162 valence electrons. The van der Waals surface area contributed by atoms with Crippen molar-refractivity contribution in [2.75, 3.05) is 19.0 Å². The third-order valence-corrected chi connectivity index (χ3v) is 5.39. The third-order valence-electron chi connectivity index (χ3n) is 5.00. The minimum atomic E-state index is 0.258. The number of fused-ring (bicyclic) bond motifs is 1. The van der Waals surface area contributed by atoms with Crippen molar-refractivity contribution < 1.29 is 0 Å². The smallest absolute Gasteiger partial charge is 0.216 e. The first-order valence-corrected chi connectivity index (χ1v) is 10.5. The quantitative estimate of drug-likeness (QED) is 0.247. The van der Waals surface area contributed by atoms with Gasteiger partial charge in [0.1, 0.15) is 10.3 Å². The van der Waals surface area contributed by atoms with Crippen LogP contribution in [0.2, 0.25) is 10.3 Å². The first-order valence-electron chi connectivity index (χ1n) is 9.70. The van der Waals surface area contributed by atoms with Crippen molar-refractivity contribution in [1.82, 2.24) is 24.6 Å². The van der Waals surface area contributed by atoms with Crippen LogP contribution >= 0.6 is 23.2 Å². The topological polar surface area (TPSA) is 86.2 Å². The summed E-state index contributed by atoms with van der Waals surface area (Å²) in [6.07, 6.45) is 1.87. The molecule has 0 aliphatic heterocycles. The van der Waals surface area contributed by atoms with E-state index in [1.165, 1.54) is 5.56 Å². The average molecular weight is 459 g/mol. The Morgan fingerprint density at radius 1 is 1.19 bits per heavy atom. The average Bonchev–Trinajstić information content (AvgIpc) is 2.97. The summed E-state index contributed by atoms with van der Waals surface area (Å²) in [6, 6.07) is 5.42. The molecule has 0 saturated heterocycles. The van der Waals surface area contributed by atoms with Crippen LogP contribution < -0.4 is 4.90 Å². The van der Waals surface area contributed by atoms with Crippen molar-refractivity contribution in [2.45, 2.75) is 33.2 Å². The first kappa shape index (κ1) is 22.8. The Morgan fingerprint density at radius 3 is 2.42 bits per heavy atom. The van der Waals surface area contributed by atoms with Crippen LogP contribution in [0.15, 0.2) is 23.2 Å². The predicted octanol–water partition coefficient (Wildman–Crippen LogP) is 4.51. The summed E-state index contributed by atoms with van der Waals surface area (Å²) < 4.78 is 1.80. The maximum absolute atomic E-state index is 9.27. The van der Waals surface area contributed by atoms with Gasteiger partial charge in [-0.3, -0.25) is 4.68 Å². The van der Waals surface area contributed by atoms with Gasteiger partial charge in [-0.2, -0.15) is 10.4 Å². The van der Waals surface area contributed by atoms with Crippen LogP contribution in [0.1, 0.15) is 36.7 Å². The Hall–Kier alpha value is -2.89. The number of aromatic nitrogens is 4. The minimum Gasteiger partial charge on any atom is -0.339 e. The molecular formula is C21H24Cl2N8. The molecule has 0 spiro atoms. The Balaban J connectivity index is 1.99. The summed E-state index contributed by atoms with van der Waals surface area (Å²) >= 11 is 12.1. The normalized spacial score (nSPS) is 11.8. The highest BCUT2D eigenvalue weighted by Crippen LogP contribution is 2.28. The van der Waals surface area contributed by atoms with Gasteiger partial charge in [0.05, 0.1) is 17.9 Å². The third kappa shape index (κ3) is 4.73. The maximum Gasteiger partial charge on any atom is 0.216 e. The lowest BCUT2D eigenvalue weighted by Crippen LogP contribution is -2.40. The Bertz CT molecular complexity index is 1170. The van der Waals surface area contributed by atoms with Crippen LogP contribution in [-0.4, -0.2) is 44.7 Å². The summed E-state index contributed by atoms with van der Waals surface area (Å²) in [5.74, 6) is 0.739. The summed E-state index contributed by atoms with van der Waals surface area (Å²) in [5, 5.41) is 15.4. The van der Waals surface area contributed by atoms with Gasteiger partial charge in [-0.1, -0.05) is 37.0 Å². The standard InChI is InChI=1S/C21H24Cl2N8/c1-12(2)16-7-14(26-20-19(16)13(3)28-31(20)6)10-29(4)21(25-11-24)30(5)15-8-17(22)27-18(23)9-15/h7-9,12H,10H2,1-6H3. The van der Waals surface area contributed by atoms with Gasteiger partial charge >= 0.3 is 0 Å². The molecule has 0 aliphatic carbocycles. The molecule has 3 rings (SSSR count). The lowest BCUT2D eigenvalue weighted by molar-refractivity contribution is 0.484. The fourth-order valence-electron chi connectivity index (χ4n) is 3.60. The maximum atomic E-state index is 9.27. The van der Waals surface area contributed by atoms with E-state index >= 15 is 0 Å². The van der Waals surface area contributed by atoms with E-state index in [4.69, 9.17) is 28.2 Å². The Labute approximate surface area is 191 Å². The largest absolute Gasteiger partial charge is 0.339 e. The molecule has 3 heterocycles. The highest BCUT2D eigenvalue weighted by molar-refractivity contribution is 6.33. The highest BCUT2D eigenvalue weighted by atomic mass is 35.5. The van der Waals surface area contributed by atoms with Crippen LogP contribution in [-0.2, 0) is 13.6 Å². The zero-order chi connectivity index (χ0) is 22.9. The molecule has 31 heavy (non-hydrogen) atoms. The molecule has 3 aromatic heterocycles. The van der Waals surface area contributed by atoms with E-state index in [0.29, 0.717) is 24.1 Å². The van der Waals surface area contributed by atoms with Crippen LogP contribution in [0.5, 0.6) is 0 Å². The van der Waals surface area contributed by atoms with Gasteiger partial charge in [0.2, 0.25) is 12.2 Å². The number of aliphatic imine (C=N–C) groups is 1. The molecule has 0 aliphatic rings. The van der Waals surface area contributed by atoms with Gasteiger partial charge in [-0.25, -0.2) is 9.97 Å². The first-order chi connectivity index (χ1) is 14.6. The second-order valence-corrected chi connectivity index (χ2v) is 8.44. The number of guanidine groups is 1. The van der Waals surface area contributed by atoms with E-state index in [9.17, 15) is 5.26 Å². The molecule has 0 bridgehead atoms. The number of nitrogens with zero attached hydrogens (tertiary/aromatic N) is 8. The second kappa shape index (κ2) is 9.08. The highest BCUT2D eigenvalue weighted by Gasteiger charge is 2.20. The molecule has 0 radical (unpaired) electrons. The molecule has 0 amide bonds. The summed E-state index contributed by atoms with van der Waals surface area (Å²) in [7, 11) is 5.54. The van der Waals surface area contributed by atoms with E-state index in [-0.39, 0.29) is 10.3 Å². The van der Waals surface area contributed by atoms with Gasteiger partial charge in [0, 0.05) is 32.2 Å². The lowest BCUT2D eigenvalue weighted by atomic mass is 9.99. The molecule has 0 fully saturated rings. The Morgan fingerprint density at radius 2 is 1.84 bits per heavy atom. The number of rotatable bonds is 4. The monoisotopic (exact) mass is 458 g/mol. The van der Waals surface area contributed by atoms with Crippen molar-refractivity contribution >= 4 is 45.9 Å². The SMILES string of the molecule is Cc1nn(C)c2nc(CN(C)C(=NC#N)N(C)c3cc(Cl)nc(Cl)c3)cc(C(C)C)c12. The van der Waals surface area contributed by atoms with Crippen LogP contribution in [0.4, 0.5) is 5.69 Å². The van der Waals surface area contributed by atoms with Crippen LogP contribution in [0.25, 0.3) is 11.0 Å². The number of hydrogen-bond donors (Lipinski definition) is 0. The van der Waals surface area contributed by atoms with Crippen molar-refractivity contribution in [1.29, 1.82) is 5.26 Å². The number of aryl methyl sites for hydroxylation is 2. The van der Waals surface area contributed by atoms with Gasteiger partial charge in [-0.15, -0.1) is 4.99 Å². The molecule has 0 atom stereocenters. The fourth-order valence-corrected chi connectivity index (χ4v) is 4.05. The molecule has 0 aromatic carbocycles. The van der Waals surface area contributed by atoms with E-state index in [0.717, 1.165) is 22.4 Å². The number of anilines is 1. The summed E-state index contributed by atoms with van der Waals surface area (Å²) in [5.41, 5.74) is 4.52. The number of hydrogen-bond acceptors (Lipinski definition) is 5. The molecule has 0 N–H and O–H groups in total. The van der Waals surface area contributed by atoms with Crippen molar-refractivity contribution in [2.24, 2.45) is 12.0 Å². The minimum absolute atomic E-state index is 0.258. The molecular weight excluding hydrogens is 435 g/mol. The fraction of sp³-hybridized carbons (Fsp3) is 0.381. The summed E-state index contributed by atoms with van der Waals surface area (Å²) in [6.45, 7) is 6.75. The molecule has 3 aromatic rings. The molecule has 0 saturated carbocycles. The lowest BCUT2D eigenvalue weighted by Gasteiger charge is -2.28. The van der Waals surface area contributed by atoms with E-state index in [2.05, 4.69) is 35.0 Å². The Kier molecular flexibility index (Phi) is 6.68. The van der Waals surface area contributed by atoms with E-state index in [1.54, 1.807) is 28.8 Å². The van der Waals surface area contributed by atoms with Crippen molar-refractivity contribution in [3.8, 4) is 6.19 Å². The zero-order valence-electron chi connectivity index (χ0n) is 18.4. The van der Waals surface area contributed by atoms with Crippen LogP contribution in [0, 0.1) is 18.4 Å². The predicted molar refractivity (Wildman–Crippen MR) is 125 cm³/mol. The molecule has 8 nitrogen and oxygen atoms in total. The summed E-state index contributed by atoms with van der Waals surface area (Å²) in [4.78, 5) is 16.4. The second-order valence-electron chi connectivity index (χ2n) is 7.66. The molecule has 10 heteroatoms. The van der Waals surface area contributed by atoms with E-state index in [1.807, 2.05) is 32.1 Å². The molecule has 0 unspecified atom stereocenters.